The molecule has 31 heavy (non-hydrogen) atoms. The molecule has 4 aromatic rings. The van der Waals surface area contributed by atoms with Gasteiger partial charge >= 0.3 is 0 Å². The van der Waals surface area contributed by atoms with Crippen LogP contribution in [-0.2, 0) is 17.9 Å². The number of nitrogens with one attached hydrogen (secondary N) is 1. The molecule has 0 bridgehead atoms. The first-order valence-corrected chi connectivity index (χ1v) is 10.0. The zero-order valence-corrected chi connectivity index (χ0v) is 17.2. The molecule has 0 atom stereocenters. The molecule has 0 aliphatic rings. The molecule has 4 rings (SSSR count). The highest BCUT2D eigenvalue weighted by Crippen LogP contribution is 2.15. The van der Waals surface area contributed by atoms with E-state index in [1.807, 2.05) is 61.5 Å². The van der Waals surface area contributed by atoms with Gasteiger partial charge in [-0.05, 0) is 24.1 Å². The van der Waals surface area contributed by atoms with Crippen molar-refractivity contribution in [1.82, 2.24) is 24.6 Å². The average Bonchev–Trinajstić information content (AvgIpc) is 3.20. The minimum Gasteiger partial charge on any atom is -0.484 e. The van der Waals surface area contributed by atoms with Crippen LogP contribution in [0.3, 0.4) is 0 Å². The van der Waals surface area contributed by atoms with Crippen LogP contribution in [0.2, 0.25) is 0 Å². The number of amides is 1. The van der Waals surface area contributed by atoms with E-state index in [9.17, 15) is 9.59 Å². The van der Waals surface area contributed by atoms with Crippen molar-refractivity contribution >= 4 is 16.9 Å². The number of benzene rings is 2. The molecule has 0 saturated heterocycles. The van der Waals surface area contributed by atoms with E-state index in [1.165, 1.54) is 12.5 Å². The lowest BCUT2D eigenvalue weighted by Gasteiger charge is -2.10. The largest absolute Gasteiger partial charge is 0.484 e. The summed E-state index contributed by atoms with van der Waals surface area (Å²) in [6.07, 6.45) is 3.06. The van der Waals surface area contributed by atoms with Crippen LogP contribution in [0.25, 0.3) is 11.0 Å². The lowest BCUT2D eigenvalue weighted by Crippen LogP contribution is -2.32. The van der Waals surface area contributed by atoms with Gasteiger partial charge < -0.3 is 10.1 Å². The van der Waals surface area contributed by atoms with E-state index in [0.717, 1.165) is 11.1 Å². The van der Waals surface area contributed by atoms with Crippen LogP contribution in [0.5, 0.6) is 5.75 Å². The van der Waals surface area contributed by atoms with Gasteiger partial charge in [0.2, 0.25) is 0 Å². The number of hydrogen-bond donors (Lipinski definition) is 1. The molecule has 8 nitrogen and oxygen atoms in total. The predicted molar refractivity (Wildman–Crippen MR) is 117 cm³/mol. The number of hydrogen-bond acceptors (Lipinski definition) is 5. The Labute approximate surface area is 179 Å². The smallest absolute Gasteiger partial charge is 0.264 e. The van der Waals surface area contributed by atoms with Gasteiger partial charge in [0.25, 0.3) is 11.5 Å². The summed E-state index contributed by atoms with van der Waals surface area (Å²) < 4.78 is 8.72. The van der Waals surface area contributed by atoms with Gasteiger partial charge in [0.1, 0.15) is 17.5 Å². The van der Waals surface area contributed by atoms with Crippen molar-refractivity contribution in [3.05, 3.63) is 88.6 Å². The van der Waals surface area contributed by atoms with E-state index in [2.05, 4.69) is 15.4 Å². The number of ether oxygens (including phenoxy) is 1. The van der Waals surface area contributed by atoms with Crippen molar-refractivity contribution in [2.75, 3.05) is 13.2 Å². The molecule has 1 amide bonds. The van der Waals surface area contributed by atoms with E-state index in [0.29, 0.717) is 36.4 Å². The van der Waals surface area contributed by atoms with Gasteiger partial charge in [-0.25, -0.2) is 9.67 Å². The molecular weight excluding hydrogens is 394 g/mol. The summed E-state index contributed by atoms with van der Waals surface area (Å²) in [7, 11) is 0. The second-order valence-corrected chi connectivity index (χ2v) is 7.17. The number of fused-ring (bicyclic) bond motifs is 1. The van der Waals surface area contributed by atoms with E-state index < -0.39 is 0 Å². The van der Waals surface area contributed by atoms with Crippen LogP contribution in [0, 0.1) is 6.92 Å². The van der Waals surface area contributed by atoms with Crippen molar-refractivity contribution in [2.24, 2.45) is 0 Å². The number of carbonyl (C=O) groups is 1. The fourth-order valence-electron chi connectivity index (χ4n) is 3.27. The first-order valence-electron chi connectivity index (χ1n) is 10.0. The Morgan fingerprint density at radius 2 is 1.87 bits per heavy atom. The highest BCUT2D eigenvalue weighted by Gasteiger charge is 2.11. The van der Waals surface area contributed by atoms with Crippen LogP contribution in [0.15, 0.2) is 71.9 Å². The summed E-state index contributed by atoms with van der Waals surface area (Å²) in [6.45, 7) is 3.06. The van der Waals surface area contributed by atoms with Crippen LogP contribution in [-0.4, -0.2) is 38.4 Å². The van der Waals surface area contributed by atoms with Gasteiger partial charge in [-0.2, -0.15) is 5.10 Å². The summed E-state index contributed by atoms with van der Waals surface area (Å²) in [4.78, 5) is 29.2. The number of aryl methyl sites for hydroxylation is 1. The maximum absolute atomic E-state index is 12.8. The normalized spacial score (nSPS) is 10.9. The Balaban J connectivity index is 1.35. The predicted octanol–water partition coefficient (Wildman–Crippen LogP) is 2.14. The summed E-state index contributed by atoms with van der Waals surface area (Å²) in [5, 5.41) is 7.51. The molecule has 1 N–H and O–H groups in total. The van der Waals surface area contributed by atoms with E-state index in [4.69, 9.17) is 4.74 Å². The molecule has 2 aromatic heterocycles. The Morgan fingerprint density at radius 1 is 1.10 bits per heavy atom. The number of nitrogens with zero attached hydrogens (tertiary/aromatic N) is 4. The Morgan fingerprint density at radius 3 is 2.68 bits per heavy atom. The lowest BCUT2D eigenvalue weighted by atomic mass is 10.2. The molecule has 0 unspecified atom stereocenters. The van der Waals surface area contributed by atoms with Gasteiger partial charge in [0, 0.05) is 6.54 Å². The topological polar surface area (TPSA) is 91.0 Å². The van der Waals surface area contributed by atoms with Crippen LogP contribution >= 0.6 is 0 Å². The molecule has 2 aromatic carbocycles. The summed E-state index contributed by atoms with van der Waals surface area (Å²) in [5.41, 5.74) is 2.35. The van der Waals surface area contributed by atoms with Crippen molar-refractivity contribution in [1.29, 1.82) is 0 Å². The Hall–Kier alpha value is -3.94. The van der Waals surface area contributed by atoms with E-state index in [-0.39, 0.29) is 18.1 Å². The first kappa shape index (κ1) is 20.3. The van der Waals surface area contributed by atoms with Gasteiger partial charge in [0.15, 0.2) is 12.3 Å². The zero-order valence-electron chi connectivity index (χ0n) is 17.2. The van der Waals surface area contributed by atoms with E-state index in [1.54, 1.807) is 9.25 Å². The van der Waals surface area contributed by atoms with Crippen molar-refractivity contribution in [3.63, 3.8) is 0 Å². The Bertz CT molecular complexity index is 1250. The first-order chi connectivity index (χ1) is 15.1. The summed E-state index contributed by atoms with van der Waals surface area (Å²) in [6, 6.07) is 17.3. The maximum atomic E-state index is 12.8. The Kier molecular flexibility index (Phi) is 6.07. The maximum Gasteiger partial charge on any atom is 0.264 e. The monoisotopic (exact) mass is 417 g/mol. The summed E-state index contributed by atoms with van der Waals surface area (Å²) >= 11 is 0. The molecule has 2 heterocycles. The quantitative estimate of drug-likeness (QED) is 0.474. The minimum atomic E-state index is -0.224. The molecule has 158 valence electrons. The molecule has 0 radical (unpaired) electrons. The van der Waals surface area contributed by atoms with Crippen molar-refractivity contribution < 1.29 is 9.53 Å². The average molecular weight is 417 g/mol. The number of aromatic nitrogens is 4. The molecule has 8 heteroatoms. The third-order valence-corrected chi connectivity index (χ3v) is 4.92. The number of para-hydroxylation sites is 1. The van der Waals surface area contributed by atoms with Gasteiger partial charge in [0.05, 0.1) is 19.3 Å². The van der Waals surface area contributed by atoms with Crippen LogP contribution < -0.4 is 15.6 Å². The zero-order chi connectivity index (χ0) is 21.6. The highest BCUT2D eigenvalue weighted by atomic mass is 16.5. The number of rotatable bonds is 8. The lowest BCUT2D eigenvalue weighted by molar-refractivity contribution is -0.123. The standard InChI is InChI=1S/C23H23N5O3/c1-17-7-5-6-10-20(17)31-15-21(29)24-11-12-28-22-19(13-26-28)23(30)27(16-25-22)14-18-8-3-2-4-9-18/h2-10,13,16H,11-12,14-15H2,1H3,(H,24,29). The van der Waals surface area contributed by atoms with Crippen LogP contribution in [0.1, 0.15) is 11.1 Å². The van der Waals surface area contributed by atoms with Crippen LogP contribution in [0.4, 0.5) is 0 Å². The third kappa shape index (κ3) is 4.80. The molecule has 0 aliphatic carbocycles. The highest BCUT2D eigenvalue weighted by molar-refractivity contribution is 5.77. The molecular formula is C23H23N5O3. The van der Waals surface area contributed by atoms with Gasteiger partial charge in [-0.3, -0.25) is 14.2 Å². The fourth-order valence-corrected chi connectivity index (χ4v) is 3.27. The molecule has 0 aliphatic heterocycles. The molecule has 0 spiro atoms. The van der Waals surface area contributed by atoms with E-state index >= 15 is 0 Å². The fraction of sp³-hybridized carbons (Fsp3) is 0.217. The van der Waals surface area contributed by atoms with Gasteiger partial charge in [-0.1, -0.05) is 48.5 Å². The van der Waals surface area contributed by atoms with Gasteiger partial charge in [-0.15, -0.1) is 0 Å². The number of carbonyl (C=O) groups excluding carboxylic acids is 1. The molecule has 0 fully saturated rings. The third-order valence-electron chi connectivity index (χ3n) is 4.92. The second kappa shape index (κ2) is 9.25. The minimum absolute atomic E-state index is 0.0623. The molecule has 0 saturated carbocycles. The van der Waals surface area contributed by atoms with Crippen molar-refractivity contribution in [2.45, 2.75) is 20.0 Å². The SMILES string of the molecule is Cc1ccccc1OCC(=O)NCCn1ncc2c(=O)n(Cc3ccccc3)cnc21. The van der Waals surface area contributed by atoms with Crippen molar-refractivity contribution in [3.8, 4) is 5.75 Å². The second-order valence-electron chi connectivity index (χ2n) is 7.17. The summed E-state index contributed by atoms with van der Waals surface area (Å²) in [5.74, 6) is 0.463.